The van der Waals surface area contributed by atoms with Crippen molar-refractivity contribution in [3.8, 4) is 0 Å². The summed E-state index contributed by atoms with van der Waals surface area (Å²) in [6.45, 7) is 1.78. The van der Waals surface area contributed by atoms with Gasteiger partial charge in [0.2, 0.25) is 0 Å². The maximum atomic E-state index is 13.2. The number of carbonyl (C=O) groups excluding carboxylic acids is 3. The first-order chi connectivity index (χ1) is 15.0. The number of hydrogen-bond donors (Lipinski definition) is 0. The normalized spacial score (nSPS) is 13.7. The summed E-state index contributed by atoms with van der Waals surface area (Å²) in [6.07, 6.45) is 0. The molecule has 0 aromatic heterocycles. The monoisotopic (exact) mass is 476 g/mol. The zero-order valence-corrected chi connectivity index (χ0v) is 18.4. The van der Waals surface area contributed by atoms with E-state index in [9.17, 15) is 14.4 Å². The Morgan fingerprint density at radius 3 is 1.71 bits per heavy atom. The number of benzene rings is 3. The zero-order chi connectivity index (χ0) is 21.8. The lowest BCUT2D eigenvalue weighted by Crippen LogP contribution is -2.50. The molecule has 0 unspecified atom stereocenters. The first kappa shape index (κ1) is 21.0. The largest absolute Gasteiger partial charge is 0.335 e. The van der Waals surface area contributed by atoms with Gasteiger partial charge in [-0.15, -0.1) is 0 Å². The van der Waals surface area contributed by atoms with Crippen LogP contribution in [0.4, 0.5) is 0 Å². The molecule has 0 N–H and O–H groups in total. The van der Waals surface area contributed by atoms with E-state index >= 15 is 0 Å². The highest BCUT2D eigenvalue weighted by atomic mass is 79.9. The average molecular weight is 477 g/mol. The highest BCUT2D eigenvalue weighted by Crippen LogP contribution is 2.20. The van der Waals surface area contributed by atoms with Crippen LogP contribution in [0.2, 0.25) is 0 Å². The molecule has 0 radical (unpaired) electrons. The number of carbonyl (C=O) groups is 3. The van der Waals surface area contributed by atoms with Gasteiger partial charge in [-0.1, -0.05) is 52.3 Å². The Morgan fingerprint density at radius 2 is 1.10 bits per heavy atom. The third kappa shape index (κ3) is 4.59. The molecule has 1 aliphatic heterocycles. The summed E-state index contributed by atoms with van der Waals surface area (Å²) in [4.78, 5) is 42.4. The van der Waals surface area contributed by atoms with Crippen LogP contribution in [0.3, 0.4) is 0 Å². The van der Waals surface area contributed by atoms with E-state index in [0.29, 0.717) is 48.4 Å². The van der Waals surface area contributed by atoms with Crippen LogP contribution >= 0.6 is 15.9 Å². The minimum absolute atomic E-state index is 0.0292. The fourth-order valence-electron chi connectivity index (χ4n) is 3.67. The number of piperazine rings is 1. The van der Waals surface area contributed by atoms with Crippen LogP contribution in [-0.2, 0) is 0 Å². The second-order valence-electron chi connectivity index (χ2n) is 7.33. The first-order valence-corrected chi connectivity index (χ1v) is 10.9. The van der Waals surface area contributed by atoms with Crippen molar-refractivity contribution in [3.63, 3.8) is 0 Å². The summed E-state index contributed by atoms with van der Waals surface area (Å²) < 4.78 is 0.885. The summed E-state index contributed by atoms with van der Waals surface area (Å²) in [5.74, 6) is -0.402. The van der Waals surface area contributed by atoms with Gasteiger partial charge in [-0.3, -0.25) is 14.4 Å². The van der Waals surface area contributed by atoms with Gasteiger partial charge in [-0.05, 0) is 42.5 Å². The molecule has 5 nitrogen and oxygen atoms in total. The predicted octanol–water partition coefficient (Wildman–Crippen LogP) is 4.28. The molecule has 0 atom stereocenters. The van der Waals surface area contributed by atoms with Crippen molar-refractivity contribution in [1.82, 2.24) is 9.80 Å². The number of rotatable bonds is 4. The SMILES string of the molecule is O=C(c1ccc(Br)cc1)c1ccccc1C(=O)N1CCN(C(=O)c2ccccc2)CC1. The topological polar surface area (TPSA) is 57.7 Å². The molecular formula is C25H21BrN2O3. The Kier molecular flexibility index (Phi) is 6.28. The zero-order valence-electron chi connectivity index (χ0n) is 16.8. The molecule has 2 amide bonds. The molecule has 1 heterocycles. The van der Waals surface area contributed by atoms with Crippen LogP contribution in [0.1, 0.15) is 36.6 Å². The van der Waals surface area contributed by atoms with Gasteiger partial charge in [0.05, 0.1) is 5.56 Å². The molecular weight excluding hydrogens is 456 g/mol. The molecule has 31 heavy (non-hydrogen) atoms. The molecule has 156 valence electrons. The van der Waals surface area contributed by atoms with Gasteiger partial charge in [0.1, 0.15) is 0 Å². The first-order valence-electron chi connectivity index (χ1n) is 10.1. The molecule has 0 bridgehead atoms. The van der Waals surface area contributed by atoms with Crippen LogP contribution in [0.5, 0.6) is 0 Å². The molecule has 0 saturated carbocycles. The van der Waals surface area contributed by atoms with Crippen LogP contribution in [-0.4, -0.2) is 53.6 Å². The molecule has 4 rings (SSSR count). The Morgan fingerprint density at radius 1 is 0.581 bits per heavy atom. The fourth-order valence-corrected chi connectivity index (χ4v) is 3.93. The maximum Gasteiger partial charge on any atom is 0.254 e. The van der Waals surface area contributed by atoms with Crippen LogP contribution in [0, 0.1) is 0 Å². The number of hydrogen-bond acceptors (Lipinski definition) is 3. The molecule has 3 aromatic rings. The average Bonchev–Trinajstić information content (AvgIpc) is 2.84. The van der Waals surface area contributed by atoms with E-state index in [-0.39, 0.29) is 17.6 Å². The van der Waals surface area contributed by atoms with Crippen molar-refractivity contribution in [1.29, 1.82) is 0 Å². The highest BCUT2D eigenvalue weighted by Gasteiger charge is 2.27. The molecule has 6 heteroatoms. The van der Waals surface area contributed by atoms with Gasteiger partial charge in [-0.2, -0.15) is 0 Å². The maximum absolute atomic E-state index is 13.2. The van der Waals surface area contributed by atoms with Crippen molar-refractivity contribution in [3.05, 3.63) is 106 Å². The highest BCUT2D eigenvalue weighted by molar-refractivity contribution is 9.10. The van der Waals surface area contributed by atoms with Crippen molar-refractivity contribution in [2.75, 3.05) is 26.2 Å². The van der Waals surface area contributed by atoms with E-state index in [2.05, 4.69) is 15.9 Å². The minimum atomic E-state index is -0.187. The van der Waals surface area contributed by atoms with E-state index < -0.39 is 0 Å². The van der Waals surface area contributed by atoms with Crippen LogP contribution < -0.4 is 0 Å². The van der Waals surface area contributed by atoms with Crippen molar-refractivity contribution >= 4 is 33.5 Å². The Hall–Kier alpha value is -3.25. The summed E-state index contributed by atoms with van der Waals surface area (Å²) >= 11 is 3.37. The van der Waals surface area contributed by atoms with Gasteiger partial charge in [0, 0.05) is 47.3 Å². The minimum Gasteiger partial charge on any atom is -0.335 e. The predicted molar refractivity (Wildman–Crippen MR) is 122 cm³/mol. The molecule has 1 saturated heterocycles. The second kappa shape index (κ2) is 9.27. The second-order valence-corrected chi connectivity index (χ2v) is 8.25. The van der Waals surface area contributed by atoms with Gasteiger partial charge in [0.25, 0.3) is 11.8 Å². The smallest absolute Gasteiger partial charge is 0.254 e. The standard InChI is InChI=1S/C25H21BrN2O3/c26-20-12-10-18(11-13-20)23(29)21-8-4-5-9-22(21)25(31)28-16-14-27(15-17-28)24(30)19-6-2-1-3-7-19/h1-13H,14-17H2. The Labute approximate surface area is 189 Å². The Balaban J connectivity index is 1.48. The van der Waals surface area contributed by atoms with E-state index in [0.717, 1.165) is 4.47 Å². The van der Waals surface area contributed by atoms with Crippen molar-refractivity contribution < 1.29 is 14.4 Å². The summed E-state index contributed by atoms with van der Waals surface area (Å²) in [6, 6.07) is 23.1. The molecule has 0 spiro atoms. The molecule has 3 aromatic carbocycles. The van der Waals surface area contributed by atoms with E-state index in [1.54, 1.807) is 70.5 Å². The van der Waals surface area contributed by atoms with E-state index in [1.807, 2.05) is 18.2 Å². The van der Waals surface area contributed by atoms with Crippen LogP contribution in [0.25, 0.3) is 0 Å². The lowest BCUT2D eigenvalue weighted by Gasteiger charge is -2.35. The number of amides is 2. The fraction of sp³-hybridized carbons (Fsp3) is 0.160. The summed E-state index contributed by atoms with van der Waals surface area (Å²) in [7, 11) is 0. The van der Waals surface area contributed by atoms with Gasteiger partial charge in [0.15, 0.2) is 5.78 Å². The number of ketones is 1. The van der Waals surface area contributed by atoms with Gasteiger partial charge < -0.3 is 9.80 Å². The summed E-state index contributed by atoms with van der Waals surface area (Å²) in [5.41, 5.74) is 1.95. The Bertz CT molecular complexity index is 1110. The van der Waals surface area contributed by atoms with Gasteiger partial charge >= 0.3 is 0 Å². The van der Waals surface area contributed by atoms with Crippen molar-refractivity contribution in [2.45, 2.75) is 0 Å². The lowest BCUT2D eigenvalue weighted by molar-refractivity contribution is 0.0534. The lowest BCUT2D eigenvalue weighted by atomic mass is 9.97. The third-order valence-electron chi connectivity index (χ3n) is 5.38. The quantitative estimate of drug-likeness (QED) is 0.528. The number of halogens is 1. The third-order valence-corrected chi connectivity index (χ3v) is 5.91. The van der Waals surface area contributed by atoms with E-state index in [4.69, 9.17) is 0 Å². The summed E-state index contributed by atoms with van der Waals surface area (Å²) in [5, 5.41) is 0. The van der Waals surface area contributed by atoms with Crippen LogP contribution in [0.15, 0.2) is 83.3 Å². The van der Waals surface area contributed by atoms with E-state index in [1.165, 1.54) is 0 Å². The molecule has 1 fully saturated rings. The molecule has 1 aliphatic rings. The molecule has 0 aliphatic carbocycles. The number of nitrogens with zero attached hydrogens (tertiary/aromatic N) is 2. The van der Waals surface area contributed by atoms with Gasteiger partial charge in [-0.25, -0.2) is 0 Å². The van der Waals surface area contributed by atoms with Crippen molar-refractivity contribution in [2.24, 2.45) is 0 Å².